The van der Waals surface area contributed by atoms with Gasteiger partial charge in [0.25, 0.3) is 0 Å². The summed E-state index contributed by atoms with van der Waals surface area (Å²) in [5.74, 6) is -1.24. The lowest BCUT2D eigenvalue weighted by atomic mass is 9.36. The summed E-state index contributed by atoms with van der Waals surface area (Å²) in [7, 11) is 0. The summed E-state index contributed by atoms with van der Waals surface area (Å²) < 4.78 is 5.88. The summed E-state index contributed by atoms with van der Waals surface area (Å²) in [5.41, 5.74) is 7.83. The average Bonchev–Trinajstić information content (AvgIpc) is 3.09. The molecule has 4 aliphatic rings. The molecule has 7 heteroatoms. The van der Waals surface area contributed by atoms with Crippen LogP contribution in [0.2, 0.25) is 0 Å². The zero-order chi connectivity index (χ0) is 28.2. The van der Waals surface area contributed by atoms with Crippen molar-refractivity contribution in [3.8, 4) is 0 Å². The first kappa shape index (κ1) is 29.3. The Morgan fingerprint density at radius 2 is 1.79 bits per heavy atom. The van der Waals surface area contributed by atoms with E-state index in [1.807, 2.05) is 19.9 Å². The number of hydrogen-bond donors (Lipinski definition) is 4. The first-order valence-corrected chi connectivity index (χ1v) is 14.6. The Hall–Kier alpha value is -1.70. The quantitative estimate of drug-likeness (QED) is 0.224. The maximum atomic E-state index is 12.7. The summed E-state index contributed by atoms with van der Waals surface area (Å²) in [6.45, 7) is 12.4. The molecule has 214 valence electrons. The van der Waals surface area contributed by atoms with E-state index in [0.717, 1.165) is 24.8 Å². The molecule has 0 aromatic rings. The number of carbonyl (C=O) groups excluding carboxylic acids is 1. The lowest BCUT2D eigenvalue weighted by Crippen LogP contribution is -2.68. The molecule has 0 aromatic carbocycles. The fraction of sp³-hybridized carbons (Fsp3) is 0.806. The van der Waals surface area contributed by atoms with Gasteiger partial charge >= 0.3 is 11.9 Å². The number of aliphatic carboxylic acids is 1. The minimum Gasteiger partial charge on any atom is -0.478 e. The molecule has 4 rings (SSSR count). The van der Waals surface area contributed by atoms with Gasteiger partial charge in [0.05, 0.1) is 12.2 Å². The van der Waals surface area contributed by atoms with E-state index >= 15 is 0 Å². The van der Waals surface area contributed by atoms with Crippen LogP contribution in [0, 0.1) is 39.9 Å². The van der Waals surface area contributed by atoms with Crippen LogP contribution in [0.15, 0.2) is 22.8 Å². The Kier molecular flexibility index (Phi) is 7.99. The van der Waals surface area contributed by atoms with Crippen LogP contribution in [-0.4, -0.2) is 52.1 Å². The van der Waals surface area contributed by atoms with Crippen LogP contribution in [0.25, 0.3) is 0 Å². The molecule has 0 aromatic heterocycles. The predicted molar refractivity (Wildman–Crippen MR) is 146 cm³/mol. The van der Waals surface area contributed by atoms with Crippen LogP contribution in [0.5, 0.6) is 0 Å². The molecular weight excluding hydrogens is 482 g/mol. The van der Waals surface area contributed by atoms with Gasteiger partial charge in [-0.05, 0) is 117 Å². The highest BCUT2D eigenvalue weighted by Gasteiger charge is 2.72. The van der Waals surface area contributed by atoms with E-state index in [0.29, 0.717) is 55.7 Å². The molecule has 0 heterocycles. The Morgan fingerprint density at radius 1 is 1.11 bits per heavy atom. The molecule has 4 aliphatic carbocycles. The molecule has 4 saturated carbocycles. The third kappa shape index (κ3) is 4.37. The van der Waals surface area contributed by atoms with E-state index in [2.05, 4.69) is 20.8 Å². The topological polar surface area (TPSA) is 130 Å². The Labute approximate surface area is 227 Å². The van der Waals surface area contributed by atoms with Gasteiger partial charge in [-0.3, -0.25) is 4.79 Å². The van der Waals surface area contributed by atoms with Crippen LogP contribution < -0.4 is 5.73 Å². The van der Waals surface area contributed by atoms with Crippen molar-refractivity contribution in [2.45, 2.75) is 111 Å². The molecule has 5 N–H and O–H groups in total. The van der Waals surface area contributed by atoms with E-state index < -0.39 is 35.0 Å². The van der Waals surface area contributed by atoms with Crippen molar-refractivity contribution in [1.29, 1.82) is 0 Å². The van der Waals surface area contributed by atoms with Gasteiger partial charge in [-0.1, -0.05) is 32.4 Å². The van der Waals surface area contributed by atoms with Gasteiger partial charge in [0.1, 0.15) is 6.10 Å². The Morgan fingerprint density at radius 3 is 2.37 bits per heavy atom. The van der Waals surface area contributed by atoms with Gasteiger partial charge in [0.15, 0.2) is 0 Å². The fourth-order valence-corrected chi connectivity index (χ4v) is 9.98. The first-order valence-electron chi connectivity index (χ1n) is 14.6. The number of carboxylic acid groups (broad SMARTS) is 1. The maximum absolute atomic E-state index is 12.7. The zero-order valence-corrected chi connectivity index (χ0v) is 24.1. The van der Waals surface area contributed by atoms with Gasteiger partial charge in [-0.25, -0.2) is 4.79 Å². The number of nitrogens with two attached hydrogens (primary N) is 1. The maximum Gasteiger partial charge on any atom is 0.331 e. The molecule has 0 amide bonds. The van der Waals surface area contributed by atoms with Crippen molar-refractivity contribution < 1.29 is 29.6 Å². The highest BCUT2D eigenvalue weighted by atomic mass is 16.5. The summed E-state index contributed by atoms with van der Waals surface area (Å²) in [5, 5.41) is 33.0. The van der Waals surface area contributed by atoms with Gasteiger partial charge in [-0.2, -0.15) is 0 Å². The number of aliphatic hydroxyl groups is 2. The molecule has 10 atom stereocenters. The monoisotopic (exact) mass is 531 g/mol. The number of fused-ring (bicyclic) bond motifs is 5. The minimum absolute atomic E-state index is 0.0637. The largest absolute Gasteiger partial charge is 0.478 e. The normalized spacial score (nSPS) is 45.3. The molecule has 0 spiro atoms. The smallest absolute Gasteiger partial charge is 0.331 e. The van der Waals surface area contributed by atoms with Gasteiger partial charge < -0.3 is 25.8 Å². The van der Waals surface area contributed by atoms with E-state index in [9.17, 15) is 24.9 Å². The molecule has 0 saturated heterocycles. The van der Waals surface area contributed by atoms with E-state index in [4.69, 9.17) is 10.5 Å². The van der Waals surface area contributed by atoms with Crippen LogP contribution in [-0.2, 0) is 14.3 Å². The highest BCUT2D eigenvalue weighted by Crippen LogP contribution is 2.74. The lowest BCUT2D eigenvalue weighted by molar-refractivity contribution is -0.237. The number of carboxylic acids is 1. The van der Waals surface area contributed by atoms with Crippen LogP contribution in [0.1, 0.15) is 92.9 Å². The van der Waals surface area contributed by atoms with Crippen molar-refractivity contribution >= 4 is 11.9 Å². The standard InChI is InChI=1S/C31H49NO6/c1-17(2)8-7-9-20(28(36)37)26-22-14-24(35)27-29(5)12-11-23(34)18(3)21(29)10-13-31(27,16-32)30(22,6)15-25(26)38-19(4)33/h8,18,21-25,27,34-35H,7,9-16,32H2,1-6H3,(H,36,37)/b26-20-/t18?,21-,22-,23+,24+,25?,27-,29?,30?,31+/m0/s1. The summed E-state index contributed by atoms with van der Waals surface area (Å²) >= 11 is 0. The number of esters is 1. The van der Waals surface area contributed by atoms with Crippen molar-refractivity contribution in [1.82, 2.24) is 0 Å². The van der Waals surface area contributed by atoms with Crippen molar-refractivity contribution in [2.24, 2.45) is 45.7 Å². The van der Waals surface area contributed by atoms with Crippen LogP contribution in [0.3, 0.4) is 0 Å². The second-order valence-corrected chi connectivity index (χ2v) is 13.6. The zero-order valence-electron chi connectivity index (χ0n) is 24.1. The summed E-state index contributed by atoms with van der Waals surface area (Å²) in [6, 6.07) is 0. The van der Waals surface area contributed by atoms with E-state index in [1.165, 1.54) is 6.92 Å². The van der Waals surface area contributed by atoms with Gasteiger partial charge in [0, 0.05) is 12.5 Å². The van der Waals surface area contributed by atoms with Crippen molar-refractivity contribution in [3.63, 3.8) is 0 Å². The number of hydrogen-bond acceptors (Lipinski definition) is 6. The molecule has 4 unspecified atom stereocenters. The van der Waals surface area contributed by atoms with E-state index in [-0.39, 0.29) is 29.3 Å². The number of allylic oxidation sites excluding steroid dienone is 2. The molecule has 0 radical (unpaired) electrons. The van der Waals surface area contributed by atoms with Gasteiger partial charge in [-0.15, -0.1) is 0 Å². The van der Waals surface area contributed by atoms with Crippen LogP contribution in [0.4, 0.5) is 0 Å². The fourth-order valence-electron chi connectivity index (χ4n) is 9.98. The van der Waals surface area contributed by atoms with Gasteiger partial charge in [0.2, 0.25) is 0 Å². The lowest BCUT2D eigenvalue weighted by Gasteiger charge is -2.69. The Balaban J connectivity index is 1.86. The number of aliphatic hydroxyl groups excluding tert-OH is 2. The number of carbonyl (C=O) groups is 2. The number of rotatable bonds is 6. The molecular formula is C31H49NO6. The van der Waals surface area contributed by atoms with E-state index in [1.54, 1.807) is 0 Å². The SMILES string of the molecule is CC(=O)OC1CC2(C)[C@@H](C[C@@H](O)[C@H]3C4(C)CC[C@@H](O)C(C)[C@@H]4CC[C@@]32CN)/C1=C(\CCC=C(C)C)C(=O)O. The van der Waals surface area contributed by atoms with Crippen molar-refractivity contribution in [2.75, 3.05) is 6.54 Å². The molecule has 0 bridgehead atoms. The molecule has 4 fully saturated rings. The summed E-state index contributed by atoms with van der Waals surface area (Å²) in [6.07, 6.45) is 5.62. The summed E-state index contributed by atoms with van der Waals surface area (Å²) in [4.78, 5) is 24.9. The molecule has 7 nitrogen and oxygen atoms in total. The first-order chi connectivity index (χ1) is 17.7. The van der Waals surface area contributed by atoms with Crippen LogP contribution >= 0.6 is 0 Å². The Bertz CT molecular complexity index is 1020. The second kappa shape index (κ2) is 10.4. The second-order valence-electron chi connectivity index (χ2n) is 13.6. The third-order valence-electron chi connectivity index (χ3n) is 11.6. The number of ether oxygens (including phenoxy) is 1. The molecule has 0 aliphatic heterocycles. The molecule has 38 heavy (non-hydrogen) atoms. The minimum atomic E-state index is -0.979. The highest BCUT2D eigenvalue weighted by molar-refractivity contribution is 5.88. The average molecular weight is 532 g/mol. The van der Waals surface area contributed by atoms with Crippen molar-refractivity contribution in [3.05, 3.63) is 22.8 Å². The third-order valence-corrected chi connectivity index (χ3v) is 11.6. The predicted octanol–water partition coefficient (Wildman–Crippen LogP) is 4.60.